The summed E-state index contributed by atoms with van der Waals surface area (Å²) in [7, 11) is 2.10. The Hall–Kier alpha value is -1.68. The first-order valence-electron chi connectivity index (χ1n) is 6.84. The monoisotopic (exact) mass is 256 g/mol. The Morgan fingerprint density at radius 3 is 3.00 bits per heavy atom. The molecule has 3 rings (SSSR count). The van der Waals surface area contributed by atoms with Crippen molar-refractivity contribution < 1.29 is 0 Å². The molecule has 4 heteroatoms. The lowest BCUT2D eigenvalue weighted by atomic mass is 10.1. The molecule has 0 N–H and O–H groups in total. The van der Waals surface area contributed by atoms with Gasteiger partial charge in [-0.25, -0.2) is 9.97 Å². The molecule has 0 amide bonds. The van der Waals surface area contributed by atoms with Crippen LogP contribution in [0.2, 0.25) is 0 Å². The van der Waals surface area contributed by atoms with Crippen molar-refractivity contribution >= 4 is 0 Å². The maximum Gasteiger partial charge on any atom is 0.132 e. The van der Waals surface area contributed by atoms with Crippen LogP contribution in [0.5, 0.6) is 0 Å². The molecule has 0 bridgehead atoms. The van der Waals surface area contributed by atoms with E-state index in [1.807, 2.05) is 19.2 Å². The number of likely N-dealkylation sites (tertiary alicyclic amines) is 1. The Morgan fingerprint density at radius 2 is 2.26 bits per heavy atom. The molecule has 1 fully saturated rings. The Morgan fingerprint density at radius 1 is 1.37 bits per heavy atom. The van der Waals surface area contributed by atoms with E-state index in [0.29, 0.717) is 5.92 Å². The zero-order chi connectivity index (χ0) is 13.2. The average molecular weight is 256 g/mol. The van der Waals surface area contributed by atoms with Crippen LogP contribution in [0, 0.1) is 6.92 Å². The van der Waals surface area contributed by atoms with Crippen molar-refractivity contribution in [3.63, 3.8) is 0 Å². The number of hydrogen-bond donors (Lipinski definition) is 0. The van der Waals surface area contributed by atoms with Crippen LogP contribution < -0.4 is 0 Å². The summed E-state index contributed by atoms with van der Waals surface area (Å²) >= 11 is 0. The standard InChI is InChI=1S/C15H20N4/c1-12-5-7-16-15(17-12)13-6-9-19(10-13)11-14-4-3-8-18(14)2/h3-5,7-8,13H,6,9-11H2,1-2H3. The summed E-state index contributed by atoms with van der Waals surface area (Å²) in [5.41, 5.74) is 2.43. The first-order valence-corrected chi connectivity index (χ1v) is 6.84. The van der Waals surface area contributed by atoms with E-state index in [4.69, 9.17) is 0 Å². The highest BCUT2D eigenvalue weighted by atomic mass is 15.2. The van der Waals surface area contributed by atoms with Crippen molar-refractivity contribution in [2.75, 3.05) is 13.1 Å². The minimum atomic E-state index is 0.486. The number of hydrogen-bond acceptors (Lipinski definition) is 3. The van der Waals surface area contributed by atoms with Crippen molar-refractivity contribution in [2.45, 2.75) is 25.8 Å². The smallest absolute Gasteiger partial charge is 0.132 e. The van der Waals surface area contributed by atoms with Gasteiger partial charge in [-0.3, -0.25) is 4.90 Å². The molecule has 1 saturated heterocycles. The maximum atomic E-state index is 4.56. The van der Waals surface area contributed by atoms with Gasteiger partial charge in [0.15, 0.2) is 0 Å². The van der Waals surface area contributed by atoms with Gasteiger partial charge in [-0.15, -0.1) is 0 Å². The van der Waals surface area contributed by atoms with Crippen molar-refractivity contribution in [1.29, 1.82) is 0 Å². The summed E-state index contributed by atoms with van der Waals surface area (Å²) in [5.74, 6) is 1.49. The summed E-state index contributed by atoms with van der Waals surface area (Å²) in [5, 5.41) is 0. The van der Waals surface area contributed by atoms with Crippen LogP contribution in [0.25, 0.3) is 0 Å². The molecule has 1 aliphatic heterocycles. The van der Waals surface area contributed by atoms with Crippen LogP contribution in [0.1, 0.15) is 29.6 Å². The van der Waals surface area contributed by atoms with Crippen molar-refractivity contribution in [3.05, 3.63) is 47.8 Å². The molecule has 0 saturated carbocycles. The third-order valence-electron chi connectivity index (χ3n) is 3.89. The number of aryl methyl sites for hydroxylation is 2. The summed E-state index contributed by atoms with van der Waals surface area (Å²) in [6, 6.07) is 6.25. The minimum absolute atomic E-state index is 0.486. The number of aromatic nitrogens is 3. The quantitative estimate of drug-likeness (QED) is 0.843. The third-order valence-corrected chi connectivity index (χ3v) is 3.89. The molecular weight excluding hydrogens is 236 g/mol. The van der Waals surface area contributed by atoms with Crippen LogP contribution in [-0.4, -0.2) is 32.5 Å². The Kier molecular flexibility index (Phi) is 3.34. The molecule has 19 heavy (non-hydrogen) atoms. The molecule has 0 aliphatic carbocycles. The van der Waals surface area contributed by atoms with E-state index in [9.17, 15) is 0 Å². The lowest BCUT2D eigenvalue weighted by Gasteiger charge is -2.16. The molecular formula is C15H20N4. The molecule has 2 aromatic heterocycles. The zero-order valence-corrected chi connectivity index (χ0v) is 11.6. The predicted molar refractivity (Wildman–Crippen MR) is 74.8 cm³/mol. The van der Waals surface area contributed by atoms with Crippen molar-refractivity contribution in [1.82, 2.24) is 19.4 Å². The molecule has 0 aromatic carbocycles. The van der Waals surface area contributed by atoms with Gasteiger partial charge < -0.3 is 4.57 Å². The molecule has 0 spiro atoms. The first kappa shape index (κ1) is 12.4. The van der Waals surface area contributed by atoms with Gasteiger partial charge in [0.25, 0.3) is 0 Å². The van der Waals surface area contributed by atoms with Gasteiger partial charge in [0.2, 0.25) is 0 Å². The van der Waals surface area contributed by atoms with E-state index >= 15 is 0 Å². The molecule has 4 nitrogen and oxygen atoms in total. The van der Waals surface area contributed by atoms with Crippen LogP contribution in [-0.2, 0) is 13.6 Å². The van der Waals surface area contributed by atoms with E-state index in [2.05, 4.69) is 44.8 Å². The fourth-order valence-corrected chi connectivity index (χ4v) is 2.74. The normalized spacial score (nSPS) is 20.0. The SMILES string of the molecule is Cc1ccnc(C2CCN(Cc3cccn3C)C2)n1. The summed E-state index contributed by atoms with van der Waals surface area (Å²) < 4.78 is 2.19. The Bertz CT molecular complexity index is 561. The largest absolute Gasteiger partial charge is 0.353 e. The van der Waals surface area contributed by atoms with Gasteiger partial charge in [0.05, 0.1) is 0 Å². The maximum absolute atomic E-state index is 4.56. The Balaban J connectivity index is 1.66. The molecule has 0 radical (unpaired) electrons. The highest BCUT2D eigenvalue weighted by Gasteiger charge is 2.26. The predicted octanol–water partition coefficient (Wildman–Crippen LogP) is 2.11. The van der Waals surface area contributed by atoms with Gasteiger partial charge in [0.1, 0.15) is 5.82 Å². The lowest BCUT2D eigenvalue weighted by molar-refractivity contribution is 0.318. The molecule has 1 atom stereocenters. The Labute approximate surface area is 114 Å². The third kappa shape index (κ3) is 2.68. The van der Waals surface area contributed by atoms with Gasteiger partial charge in [0, 0.05) is 49.8 Å². The molecule has 1 unspecified atom stereocenters. The summed E-state index contributed by atoms with van der Waals surface area (Å²) in [4.78, 5) is 11.5. The summed E-state index contributed by atoms with van der Waals surface area (Å²) in [6.45, 7) is 5.25. The van der Waals surface area contributed by atoms with Gasteiger partial charge in [-0.2, -0.15) is 0 Å². The second-order valence-corrected chi connectivity index (χ2v) is 5.39. The van der Waals surface area contributed by atoms with E-state index in [1.54, 1.807) is 0 Å². The highest BCUT2D eigenvalue weighted by molar-refractivity contribution is 5.09. The zero-order valence-electron chi connectivity index (χ0n) is 11.6. The van der Waals surface area contributed by atoms with Crippen LogP contribution in [0.4, 0.5) is 0 Å². The second kappa shape index (κ2) is 5.13. The number of nitrogens with zero attached hydrogens (tertiary/aromatic N) is 4. The van der Waals surface area contributed by atoms with E-state index in [-0.39, 0.29) is 0 Å². The fraction of sp³-hybridized carbons (Fsp3) is 0.467. The topological polar surface area (TPSA) is 34.0 Å². The minimum Gasteiger partial charge on any atom is -0.353 e. The summed E-state index contributed by atoms with van der Waals surface area (Å²) in [6.07, 6.45) is 5.14. The molecule has 1 aliphatic rings. The van der Waals surface area contributed by atoms with E-state index in [1.165, 1.54) is 5.69 Å². The highest BCUT2D eigenvalue weighted by Crippen LogP contribution is 2.25. The van der Waals surface area contributed by atoms with Crippen LogP contribution in [0.3, 0.4) is 0 Å². The fourth-order valence-electron chi connectivity index (χ4n) is 2.74. The molecule has 2 aromatic rings. The molecule has 3 heterocycles. The van der Waals surface area contributed by atoms with Crippen molar-refractivity contribution in [3.8, 4) is 0 Å². The van der Waals surface area contributed by atoms with Gasteiger partial charge in [-0.1, -0.05) is 0 Å². The second-order valence-electron chi connectivity index (χ2n) is 5.39. The average Bonchev–Trinajstić information content (AvgIpc) is 3.00. The first-order chi connectivity index (χ1) is 9.22. The van der Waals surface area contributed by atoms with Crippen LogP contribution >= 0.6 is 0 Å². The van der Waals surface area contributed by atoms with E-state index in [0.717, 1.165) is 37.6 Å². The van der Waals surface area contributed by atoms with Gasteiger partial charge in [-0.05, 0) is 38.1 Å². The van der Waals surface area contributed by atoms with Crippen molar-refractivity contribution in [2.24, 2.45) is 7.05 Å². The van der Waals surface area contributed by atoms with Crippen LogP contribution in [0.15, 0.2) is 30.6 Å². The number of rotatable bonds is 3. The van der Waals surface area contributed by atoms with E-state index < -0.39 is 0 Å². The van der Waals surface area contributed by atoms with Gasteiger partial charge >= 0.3 is 0 Å². The lowest BCUT2D eigenvalue weighted by Crippen LogP contribution is -2.21. The molecule has 100 valence electrons.